The van der Waals surface area contributed by atoms with Crippen LogP contribution in [0.3, 0.4) is 0 Å². The van der Waals surface area contributed by atoms with E-state index in [2.05, 4.69) is 5.73 Å². The summed E-state index contributed by atoms with van der Waals surface area (Å²) < 4.78 is 18.0. The minimum absolute atomic E-state index is 0.896. The molecule has 0 aliphatic rings. The van der Waals surface area contributed by atoms with E-state index >= 15 is 0 Å². The molecule has 0 amide bonds. The zero-order chi connectivity index (χ0) is 6.57. The Hall–Kier alpha value is -0.370. The van der Waals surface area contributed by atoms with Gasteiger partial charge in [-0.25, -0.2) is 4.21 Å². The molecule has 0 aromatic carbocycles. The summed E-state index contributed by atoms with van der Waals surface area (Å²) in [7, 11) is 0. The van der Waals surface area contributed by atoms with Crippen LogP contribution in [-0.2, 0) is 11.1 Å². The molecule has 0 aromatic heterocycles. The first-order valence-corrected chi connectivity index (χ1v) is 3.29. The van der Waals surface area contributed by atoms with Crippen LogP contribution in [0.1, 0.15) is 13.8 Å². The van der Waals surface area contributed by atoms with Crippen LogP contribution in [-0.4, -0.2) is 8.76 Å². The lowest BCUT2D eigenvalue weighted by Crippen LogP contribution is -1.73. The minimum atomic E-state index is -1.84. The highest BCUT2D eigenvalue weighted by molar-refractivity contribution is 7.82. The highest BCUT2D eigenvalue weighted by Crippen LogP contribution is 1.83. The fourth-order valence-corrected chi connectivity index (χ4v) is 0.505. The summed E-state index contributed by atoms with van der Waals surface area (Å²) in [4.78, 5) is 0. The molecule has 0 fully saturated rings. The van der Waals surface area contributed by atoms with Gasteiger partial charge in [-0.15, -0.1) is 5.73 Å². The second kappa shape index (κ2) is 3.61. The summed E-state index contributed by atoms with van der Waals surface area (Å²) in [6.45, 7) is 3.62. The molecule has 0 saturated carbocycles. The highest BCUT2D eigenvalue weighted by Gasteiger charge is 1.75. The number of hydrogen-bond donors (Lipinski definition) is 1. The Kier molecular flexibility index (Phi) is 3.44. The van der Waals surface area contributed by atoms with Crippen LogP contribution >= 0.6 is 0 Å². The van der Waals surface area contributed by atoms with Gasteiger partial charge in [0.05, 0.1) is 5.41 Å². The van der Waals surface area contributed by atoms with Gasteiger partial charge < -0.3 is 4.55 Å². The largest absolute Gasteiger partial charge is 0.302 e. The van der Waals surface area contributed by atoms with Crippen molar-refractivity contribution in [2.24, 2.45) is 0 Å². The van der Waals surface area contributed by atoms with Gasteiger partial charge in [-0.2, -0.15) is 0 Å². The molecule has 0 aliphatic carbocycles. The van der Waals surface area contributed by atoms with Crippen molar-refractivity contribution in [1.29, 1.82) is 0 Å². The third-order valence-electron chi connectivity index (χ3n) is 0.448. The van der Waals surface area contributed by atoms with E-state index in [1.165, 1.54) is 0 Å². The van der Waals surface area contributed by atoms with Crippen LogP contribution in [0.2, 0.25) is 0 Å². The van der Waals surface area contributed by atoms with Gasteiger partial charge in [0.1, 0.15) is 0 Å². The van der Waals surface area contributed by atoms with E-state index in [0.717, 1.165) is 11.0 Å². The molecule has 8 heavy (non-hydrogen) atoms. The van der Waals surface area contributed by atoms with Crippen LogP contribution in [0.15, 0.2) is 16.7 Å². The first kappa shape index (κ1) is 7.63. The minimum Gasteiger partial charge on any atom is -0.302 e. The van der Waals surface area contributed by atoms with Crippen molar-refractivity contribution in [1.82, 2.24) is 0 Å². The molecule has 2 nitrogen and oxygen atoms in total. The van der Waals surface area contributed by atoms with Crippen molar-refractivity contribution in [3.8, 4) is 0 Å². The van der Waals surface area contributed by atoms with Gasteiger partial charge in [0.15, 0.2) is 11.1 Å². The summed E-state index contributed by atoms with van der Waals surface area (Å²) in [6.07, 6.45) is 0. The van der Waals surface area contributed by atoms with Crippen molar-refractivity contribution in [2.45, 2.75) is 13.8 Å². The van der Waals surface area contributed by atoms with E-state index in [4.69, 9.17) is 4.55 Å². The van der Waals surface area contributed by atoms with Crippen molar-refractivity contribution in [3.63, 3.8) is 0 Å². The summed E-state index contributed by atoms with van der Waals surface area (Å²) in [5.41, 5.74) is 3.48. The third-order valence-corrected chi connectivity index (χ3v) is 0.768. The predicted octanol–water partition coefficient (Wildman–Crippen LogP) is 1.29. The molecule has 0 saturated heterocycles. The SMILES string of the molecule is CC(C)=C=CS(=O)O. The molecule has 0 aromatic rings. The molecule has 1 N–H and O–H groups in total. The van der Waals surface area contributed by atoms with E-state index in [1.54, 1.807) is 0 Å². The maximum Gasteiger partial charge on any atom is 0.186 e. The second-order valence-corrected chi connectivity index (χ2v) is 2.33. The molecule has 1 atom stereocenters. The summed E-state index contributed by atoms with van der Waals surface area (Å²) >= 11 is -1.84. The molecule has 0 radical (unpaired) electrons. The number of rotatable bonds is 1. The summed E-state index contributed by atoms with van der Waals surface area (Å²) in [5.74, 6) is 0. The van der Waals surface area contributed by atoms with Gasteiger partial charge in [0.25, 0.3) is 0 Å². The van der Waals surface area contributed by atoms with E-state index in [9.17, 15) is 4.21 Å². The average Bonchev–Trinajstić information content (AvgIpc) is 1.61. The van der Waals surface area contributed by atoms with Gasteiger partial charge in [-0.05, 0) is 19.4 Å². The fourth-order valence-electron chi connectivity index (χ4n) is 0.168. The molecule has 0 bridgehead atoms. The molecule has 0 aliphatic heterocycles. The Balaban J connectivity index is 4.03. The van der Waals surface area contributed by atoms with E-state index in [1.807, 2.05) is 13.8 Å². The Morgan fingerprint density at radius 1 is 1.75 bits per heavy atom. The fraction of sp³-hybridized carbons (Fsp3) is 0.400. The maximum absolute atomic E-state index is 9.88. The van der Waals surface area contributed by atoms with E-state index in [-0.39, 0.29) is 0 Å². The lowest BCUT2D eigenvalue weighted by atomic mass is 10.4. The van der Waals surface area contributed by atoms with E-state index in [0.29, 0.717) is 0 Å². The molecule has 0 heterocycles. The topological polar surface area (TPSA) is 37.3 Å². The molecular weight excluding hydrogens is 124 g/mol. The zero-order valence-corrected chi connectivity index (χ0v) is 5.66. The standard InChI is InChI=1S/C5H8O2S/c1-5(2)3-4-8(6)7/h4H,1-2H3,(H,6,7). The molecular formula is C5H8O2S. The van der Waals surface area contributed by atoms with Gasteiger partial charge in [-0.1, -0.05) is 0 Å². The van der Waals surface area contributed by atoms with Crippen molar-refractivity contribution in [2.75, 3.05) is 0 Å². The van der Waals surface area contributed by atoms with Gasteiger partial charge in [0, 0.05) is 0 Å². The molecule has 0 rings (SSSR count). The Bertz CT molecular complexity index is 150. The first-order chi connectivity index (χ1) is 3.63. The molecule has 1 unspecified atom stereocenters. The zero-order valence-electron chi connectivity index (χ0n) is 4.84. The van der Waals surface area contributed by atoms with Crippen LogP contribution in [0, 0.1) is 0 Å². The monoisotopic (exact) mass is 132 g/mol. The third kappa shape index (κ3) is 5.63. The van der Waals surface area contributed by atoms with Crippen LogP contribution in [0.25, 0.3) is 0 Å². The Labute approximate surface area is 51.2 Å². The van der Waals surface area contributed by atoms with Crippen LogP contribution in [0.5, 0.6) is 0 Å². The second-order valence-electron chi connectivity index (χ2n) is 1.54. The van der Waals surface area contributed by atoms with Crippen LogP contribution < -0.4 is 0 Å². The van der Waals surface area contributed by atoms with Crippen LogP contribution in [0.4, 0.5) is 0 Å². The summed E-state index contributed by atoms with van der Waals surface area (Å²) in [5, 5.41) is 1.11. The maximum atomic E-state index is 9.88. The molecule has 46 valence electrons. The number of allylic oxidation sites excluding steroid dienone is 1. The molecule has 3 heteroatoms. The highest BCUT2D eigenvalue weighted by atomic mass is 32.2. The van der Waals surface area contributed by atoms with Crippen molar-refractivity contribution in [3.05, 3.63) is 16.7 Å². The van der Waals surface area contributed by atoms with Gasteiger partial charge in [-0.3, -0.25) is 0 Å². The quantitative estimate of drug-likeness (QED) is 0.431. The van der Waals surface area contributed by atoms with Gasteiger partial charge in [0.2, 0.25) is 0 Å². The summed E-state index contributed by atoms with van der Waals surface area (Å²) in [6, 6.07) is 0. The smallest absolute Gasteiger partial charge is 0.186 e. The van der Waals surface area contributed by atoms with Crippen molar-refractivity contribution >= 4 is 11.1 Å². The lowest BCUT2D eigenvalue weighted by Gasteiger charge is -1.74. The van der Waals surface area contributed by atoms with Crippen molar-refractivity contribution < 1.29 is 8.76 Å². The first-order valence-electron chi connectivity index (χ1n) is 2.12. The normalized spacial score (nSPS) is 11.9. The lowest BCUT2D eigenvalue weighted by molar-refractivity contribution is 0.574. The molecule has 0 spiro atoms. The van der Waals surface area contributed by atoms with E-state index < -0.39 is 11.1 Å². The Morgan fingerprint density at radius 2 is 2.25 bits per heavy atom. The Morgan fingerprint density at radius 3 is 2.38 bits per heavy atom. The van der Waals surface area contributed by atoms with Gasteiger partial charge >= 0.3 is 0 Å². The number of hydrogen-bond acceptors (Lipinski definition) is 1. The predicted molar refractivity (Wildman–Crippen MR) is 33.7 cm³/mol. The average molecular weight is 132 g/mol.